The van der Waals surface area contributed by atoms with E-state index in [1.54, 1.807) is 24.1 Å². The number of pyridine rings is 1. The van der Waals surface area contributed by atoms with Crippen molar-refractivity contribution in [1.29, 1.82) is 0 Å². The predicted octanol–water partition coefficient (Wildman–Crippen LogP) is 3.38. The molecular formula is C18H29IN6. The van der Waals surface area contributed by atoms with Gasteiger partial charge in [-0.1, -0.05) is 13.8 Å². The molecule has 0 bridgehead atoms. The molecule has 0 aliphatic carbocycles. The van der Waals surface area contributed by atoms with Crippen LogP contribution in [0.1, 0.15) is 39.2 Å². The van der Waals surface area contributed by atoms with Gasteiger partial charge in [0.2, 0.25) is 0 Å². The quantitative estimate of drug-likeness (QED) is 0.381. The Hall–Kier alpha value is -1.64. The average Bonchev–Trinajstić information content (AvgIpc) is 3.11. The van der Waals surface area contributed by atoms with Gasteiger partial charge >= 0.3 is 0 Å². The van der Waals surface area contributed by atoms with Gasteiger partial charge in [-0.15, -0.1) is 24.0 Å². The maximum atomic E-state index is 4.35. The van der Waals surface area contributed by atoms with Crippen LogP contribution in [-0.4, -0.2) is 33.8 Å². The maximum Gasteiger partial charge on any atom is 0.191 e. The average molecular weight is 456 g/mol. The van der Waals surface area contributed by atoms with Crippen LogP contribution >= 0.6 is 24.0 Å². The fourth-order valence-electron chi connectivity index (χ4n) is 2.37. The van der Waals surface area contributed by atoms with Gasteiger partial charge in [0, 0.05) is 38.2 Å². The highest BCUT2D eigenvalue weighted by atomic mass is 127. The van der Waals surface area contributed by atoms with Gasteiger partial charge in [0.1, 0.15) is 0 Å². The van der Waals surface area contributed by atoms with Gasteiger partial charge in [0.25, 0.3) is 0 Å². The zero-order valence-corrected chi connectivity index (χ0v) is 17.8. The lowest BCUT2D eigenvalue weighted by Gasteiger charge is -2.18. The van der Waals surface area contributed by atoms with E-state index in [0.717, 1.165) is 29.7 Å². The van der Waals surface area contributed by atoms with Crippen molar-refractivity contribution in [2.45, 2.75) is 46.2 Å². The molecule has 0 aliphatic heterocycles. The molecule has 0 aromatic carbocycles. The Morgan fingerprint density at radius 1 is 1.24 bits per heavy atom. The molecule has 0 saturated heterocycles. The number of nitrogens with zero attached hydrogens (tertiary/aromatic N) is 4. The van der Waals surface area contributed by atoms with Gasteiger partial charge in [0.15, 0.2) is 11.8 Å². The first-order chi connectivity index (χ1) is 11.6. The lowest BCUT2D eigenvalue weighted by Crippen LogP contribution is -2.41. The molecule has 2 rings (SSSR count). The van der Waals surface area contributed by atoms with Gasteiger partial charge < -0.3 is 10.6 Å². The highest BCUT2D eigenvalue weighted by molar-refractivity contribution is 14.0. The largest absolute Gasteiger partial charge is 0.354 e. The Morgan fingerprint density at radius 2 is 2.04 bits per heavy atom. The normalized spacial score (nSPS) is 12.6. The molecule has 0 saturated carbocycles. The molecule has 0 aliphatic rings. The first-order valence-corrected chi connectivity index (χ1v) is 8.50. The minimum Gasteiger partial charge on any atom is -0.354 e. The number of hydrogen-bond donors (Lipinski definition) is 2. The van der Waals surface area contributed by atoms with E-state index in [-0.39, 0.29) is 24.0 Å². The van der Waals surface area contributed by atoms with Gasteiger partial charge in [-0.2, -0.15) is 5.10 Å². The predicted molar refractivity (Wildman–Crippen MR) is 114 cm³/mol. The smallest absolute Gasteiger partial charge is 0.191 e. The topological polar surface area (TPSA) is 67.1 Å². The standard InChI is InChI=1S/C18H28N6.HI/c1-14(2)6-7-15(3)23-18(19-4)21-13-16-8-10-20-17(12-16)24-11-5-9-22-24;/h5,8-12,14-15H,6-7,13H2,1-4H3,(H2,19,21,23);1H. The summed E-state index contributed by atoms with van der Waals surface area (Å²) in [6.45, 7) is 7.38. The SMILES string of the molecule is CN=C(NCc1ccnc(-n2cccn2)c1)NC(C)CCC(C)C.I. The number of nitrogens with one attached hydrogen (secondary N) is 2. The molecule has 0 amide bonds. The third-order valence-corrected chi connectivity index (χ3v) is 3.79. The van der Waals surface area contributed by atoms with Crippen LogP contribution in [0.5, 0.6) is 0 Å². The van der Waals surface area contributed by atoms with Crippen molar-refractivity contribution in [3.63, 3.8) is 0 Å². The molecule has 0 radical (unpaired) electrons. The molecule has 0 fully saturated rings. The number of guanidine groups is 1. The molecule has 6 nitrogen and oxygen atoms in total. The Bertz CT molecular complexity index is 639. The van der Waals surface area contributed by atoms with Crippen molar-refractivity contribution in [3.8, 4) is 5.82 Å². The first-order valence-electron chi connectivity index (χ1n) is 8.50. The molecule has 2 N–H and O–H groups in total. The number of aliphatic imine (C=N–C) groups is 1. The molecule has 1 atom stereocenters. The van der Waals surface area contributed by atoms with Crippen LogP contribution < -0.4 is 10.6 Å². The minimum atomic E-state index is 0. The maximum absolute atomic E-state index is 4.35. The Balaban J connectivity index is 0.00000312. The van der Waals surface area contributed by atoms with Crippen LogP contribution in [0.25, 0.3) is 5.82 Å². The van der Waals surface area contributed by atoms with Crippen LogP contribution in [0.4, 0.5) is 0 Å². The summed E-state index contributed by atoms with van der Waals surface area (Å²) in [7, 11) is 1.80. The van der Waals surface area contributed by atoms with Crippen LogP contribution in [0, 0.1) is 5.92 Å². The van der Waals surface area contributed by atoms with Crippen LogP contribution in [0.2, 0.25) is 0 Å². The molecule has 138 valence electrons. The van der Waals surface area contributed by atoms with Crippen LogP contribution in [0.3, 0.4) is 0 Å². The summed E-state index contributed by atoms with van der Waals surface area (Å²) in [5.41, 5.74) is 1.13. The summed E-state index contributed by atoms with van der Waals surface area (Å²) in [6, 6.07) is 6.30. The second-order valence-corrected chi connectivity index (χ2v) is 6.42. The van der Waals surface area contributed by atoms with E-state index < -0.39 is 0 Å². The van der Waals surface area contributed by atoms with Crippen LogP contribution in [-0.2, 0) is 6.54 Å². The second kappa shape index (κ2) is 11.1. The van der Waals surface area contributed by atoms with Gasteiger partial charge in [-0.05, 0) is 49.4 Å². The number of rotatable bonds is 7. The van der Waals surface area contributed by atoms with Crippen molar-refractivity contribution in [3.05, 3.63) is 42.4 Å². The number of aromatic nitrogens is 3. The summed E-state index contributed by atoms with van der Waals surface area (Å²) >= 11 is 0. The highest BCUT2D eigenvalue weighted by Crippen LogP contribution is 2.07. The third-order valence-electron chi connectivity index (χ3n) is 3.79. The van der Waals surface area contributed by atoms with Crippen molar-refractivity contribution in [1.82, 2.24) is 25.4 Å². The van der Waals surface area contributed by atoms with E-state index in [1.165, 1.54) is 6.42 Å². The molecule has 2 heterocycles. The van der Waals surface area contributed by atoms with E-state index in [4.69, 9.17) is 0 Å². The lowest BCUT2D eigenvalue weighted by atomic mass is 10.0. The monoisotopic (exact) mass is 456 g/mol. The van der Waals surface area contributed by atoms with Crippen molar-refractivity contribution in [2.75, 3.05) is 7.05 Å². The lowest BCUT2D eigenvalue weighted by molar-refractivity contribution is 0.489. The van der Waals surface area contributed by atoms with Crippen molar-refractivity contribution < 1.29 is 0 Å². The summed E-state index contributed by atoms with van der Waals surface area (Å²) < 4.78 is 1.75. The van der Waals surface area contributed by atoms with E-state index in [9.17, 15) is 0 Å². The number of halogens is 1. The van der Waals surface area contributed by atoms with E-state index in [2.05, 4.69) is 46.5 Å². The highest BCUT2D eigenvalue weighted by Gasteiger charge is 2.07. The molecule has 1 unspecified atom stereocenters. The Morgan fingerprint density at radius 3 is 2.68 bits per heavy atom. The van der Waals surface area contributed by atoms with Gasteiger partial charge in [-0.25, -0.2) is 9.67 Å². The third kappa shape index (κ3) is 7.41. The molecular weight excluding hydrogens is 427 g/mol. The zero-order chi connectivity index (χ0) is 17.4. The Labute approximate surface area is 167 Å². The fourth-order valence-corrected chi connectivity index (χ4v) is 2.37. The molecule has 2 aromatic rings. The van der Waals surface area contributed by atoms with E-state index in [1.807, 2.05) is 24.4 Å². The number of hydrogen-bond acceptors (Lipinski definition) is 3. The fraction of sp³-hybridized carbons (Fsp3) is 0.500. The van der Waals surface area contributed by atoms with Crippen molar-refractivity contribution >= 4 is 29.9 Å². The Kier molecular flexibility index (Phi) is 9.48. The molecule has 0 spiro atoms. The minimum absolute atomic E-state index is 0. The summed E-state index contributed by atoms with van der Waals surface area (Å²) in [5.74, 6) is 2.36. The molecule has 2 aromatic heterocycles. The first kappa shape index (κ1) is 21.4. The van der Waals surface area contributed by atoms with E-state index in [0.29, 0.717) is 12.6 Å². The summed E-state index contributed by atoms with van der Waals surface area (Å²) in [4.78, 5) is 8.65. The summed E-state index contributed by atoms with van der Waals surface area (Å²) in [6.07, 6.45) is 7.78. The molecule has 25 heavy (non-hydrogen) atoms. The summed E-state index contributed by atoms with van der Waals surface area (Å²) in [5, 5.41) is 11.0. The van der Waals surface area contributed by atoms with Crippen LogP contribution in [0.15, 0.2) is 41.8 Å². The second-order valence-electron chi connectivity index (χ2n) is 6.42. The van der Waals surface area contributed by atoms with Gasteiger partial charge in [0.05, 0.1) is 0 Å². The van der Waals surface area contributed by atoms with Gasteiger partial charge in [-0.3, -0.25) is 4.99 Å². The zero-order valence-electron chi connectivity index (χ0n) is 15.4. The van der Waals surface area contributed by atoms with E-state index >= 15 is 0 Å². The molecule has 7 heteroatoms. The van der Waals surface area contributed by atoms with Crippen molar-refractivity contribution in [2.24, 2.45) is 10.9 Å².